The number of carbonyl (C=O) groups excluding carboxylic acids is 2. The molecule has 0 saturated carbocycles. The van der Waals surface area contributed by atoms with Crippen LogP contribution < -0.4 is 11.1 Å². The summed E-state index contributed by atoms with van der Waals surface area (Å²) < 4.78 is 11.9. The number of ether oxygens (including phenoxy) is 1. The number of nitrogens with one attached hydrogen (secondary N) is 1. The van der Waals surface area contributed by atoms with Crippen LogP contribution in [0, 0.1) is 11.8 Å². The van der Waals surface area contributed by atoms with E-state index in [0.717, 1.165) is 6.39 Å². The van der Waals surface area contributed by atoms with Gasteiger partial charge in [-0.2, -0.15) is 0 Å². The smallest absolute Gasteiger partial charge is 0.291 e. The van der Waals surface area contributed by atoms with Crippen LogP contribution in [0.15, 0.2) is 23.3 Å². The number of amides is 2. The molecule has 0 unspecified atom stereocenters. The van der Waals surface area contributed by atoms with Crippen LogP contribution in [0.2, 0.25) is 0 Å². The standard InChI is InChI=1S/C19H20N8O6/c1-21-17(30)14-12(28)13(29)19(33-14)27-7-23-11-15(20)24-10(25-16(11)27)4-3-5-26(2)18(31)9-6-22-8-32-9/h6-8,12-14,19,28-29H,5H2,1-2H3,(H,21,30)(H2,20,24,25)/t12-,13+,14-,19+/m0/s1. The molecule has 14 heteroatoms. The van der Waals surface area contributed by atoms with Crippen molar-refractivity contribution in [2.45, 2.75) is 24.5 Å². The van der Waals surface area contributed by atoms with E-state index in [9.17, 15) is 19.8 Å². The SMILES string of the molecule is CNC(=O)[C@H]1O[C@@H](n2cnc3c(N)nc(C#CCN(C)C(=O)c4cnco4)nc32)[C@H](O)[C@@H]1O. The Morgan fingerprint density at radius 2 is 2.12 bits per heavy atom. The number of imidazole rings is 1. The minimum Gasteiger partial charge on any atom is -0.438 e. The summed E-state index contributed by atoms with van der Waals surface area (Å²) in [6.07, 6.45) is -1.53. The molecule has 5 N–H and O–H groups in total. The average molecular weight is 456 g/mol. The van der Waals surface area contributed by atoms with Gasteiger partial charge >= 0.3 is 0 Å². The minimum absolute atomic E-state index is 0.0324. The summed E-state index contributed by atoms with van der Waals surface area (Å²) in [5.74, 6) is 4.67. The molecule has 4 atom stereocenters. The zero-order chi connectivity index (χ0) is 23.7. The monoisotopic (exact) mass is 456 g/mol. The van der Waals surface area contributed by atoms with Gasteiger partial charge in [-0.15, -0.1) is 0 Å². The molecule has 0 aliphatic carbocycles. The molecule has 4 rings (SSSR count). The van der Waals surface area contributed by atoms with Crippen molar-refractivity contribution in [3.63, 3.8) is 0 Å². The fourth-order valence-corrected chi connectivity index (χ4v) is 3.25. The number of nitrogens with zero attached hydrogens (tertiary/aromatic N) is 6. The van der Waals surface area contributed by atoms with Crippen LogP contribution >= 0.6 is 0 Å². The first kappa shape index (κ1) is 22.1. The van der Waals surface area contributed by atoms with Crippen LogP contribution in [0.5, 0.6) is 0 Å². The van der Waals surface area contributed by atoms with Gasteiger partial charge in [0.2, 0.25) is 11.6 Å². The van der Waals surface area contributed by atoms with Crippen LogP contribution in [0.4, 0.5) is 5.82 Å². The van der Waals surface area contributed by atoms with Crippen molar-refractivity contribution >= 4 is 28.8 Å². The molecule has 3 aromatic heterocycles. The van der Waals surface area contributed by atoms with Gasteiger partial charge in [-0.3, -0.25) is 14.2 Å². The molecule has 0 spiro atoms. The third-order valence-electron chi connectivity index (χ3n) is 4.97. The quantitative estimate of drug-likeness (QED) is 0.314. The number of anilines is 1. The van der Waals surface area contributed by atoms with Gasteiger partial charge in [-0.1, -0.05) is 5.92 Å². The number of likely N-dealkylation sites (N-methyl/N-ethyl adjacent to an activating group) is 1. The van der Waals surface area contributed by atoms with Crippen molar-refractivity contribution in [1.82, 2.24) is 34.7 Å². The third-order valence-corrected chi connectivity index (χ3v) is 4.97. The van der Waals surface area contributed by atoms with Crippen molar-refractivity contribution in [3.8, 4) is 11.8 Å². The Bertz CT molecular complexity index is 1250. The van der Waals surface area contributed by atoms with Gasteiger partial charge in [0.15, 0.2) is 30.2 Å². The number of oxazole rings is 1. The summed E-state index contributed by atoms with van der Waals surface area (Å²) in [6, 6.07) is 0. The first-order valence-electron chi connectivity index (χ1n) is 9.68. The maximum atomic E-state index is 12.2. The van der Waals surface area contributed by atoms with Crippen LogP contribution in [0.1, 0.15) is 22.6 Å². The highest BCUT2D eigenvalue weighted by Crippen LogP contribution is 2.32. The summed E-state index contributed by atoms with van der Waals surface area (Å²) in [5.41, 5.74) is 6.39. The molecule has 14 nitrogen and oxygen atoms in total. The number of fused-ring (bicyclic) bond motifs is 1. The van der Waals surface area contributed by atoms with Crippen LogP contribution in [0.25, 0.3) is 11.2 Å². The van der Waals surface area contributed by atoms with E-state index in [2.05, 4.69) is 37.1 Å². The molecule has 1 fully saturated rings. The molecule has 1 saturated heterocycles. The highest BCUT2D eigenvalue weighted by atomic mass is 16.6. The number of nitrogen functional groups attached to an aromatic ring is 1. The van der Waals surface area contributed by atoms with Gasteiger partial charge in [-0.05, 0) is 5.92 Å². The lowest BCUT2D eigenvalue weighted by molar-refractivity contribution is -0.137. The second kappa shape index (κ2) is 8.82. The highest BCUT2D eigenvalue weighted by molar-refractivity contribution is 5.91. The van der Waals surface area contributed by atoms with Gasteiger partial charge in [0.05, 0.1) is 19.1 Å². The van der Waals surface area contributed by atoms with Crippen LogP contribution in [-0.2, 0) is 9.53 Å². The van der Waals surface area contributed by atoms with Crippen molar-refractivity contribution in [2.24, 2.45) is 0 Å². The number of rotatable bonds is 4. The van der Waals surface area contributed by atoms with E-state index in [1.54, 1.807) is 7.05 Å². The lowest BCUT2D eigenvalue weighted by Gasteiger charge is -2.16. The molecule has 0 bridgehead atoms. The van der Waals surface area contributed by atoms with E-state index < -0.39 is 36.4 Å². The largest absolute Gasteiger partial charge is 0.438 e. The molecule has 0 radical (unpaired) electrons. The minimum atomic E-state index is -1.46. The summed E-state index contributed by atoms with van der Waals surface area (Å²) in [5, 5.41) is 23.0. The predicted molar refractivity (Wildman–Crippen MR) is 110 cm³/mol. The number of aliphatic hydroxyl groups excluding tert-OH is 2. The summed E-state index contributed by atoms with van der Waals surface area (Å²) >= 11 is 0. The number of aliphatic hydroxyl groups is 2. The third kappa shape index (κ3) is 4.07. The Kier molecular flexibility index (Phi) is 5.92. The molecule has 1 aliphatic rings. The molecule has 172 valence electrons. The molecule has 4 heterocycles. The normalized spacial score (nSPS) is 22.1. The van der Waals surface area contributed by atoms with Crippen LogP contribution in [-0.4, -0.2) is 90.4 Å². The van der Waals surface area contributed by atoms with Gasteiger partial charge in [0, 0.05) is 14.1 Å². The van der Waals surface area contributed by atoms with Crippen molar-refractivity contribution < 1.29 is 29.0 Å². The maximum absolute atomic E-state index is 12.2. The van der Waals surface area contributed by atoms with E-state index >= 15 is 0 Å². The van der Waals surface area contributed by atoms with Gasteiger partial charge < -0.3 is 35.3 Å². The molecule has 3 aromatic rings. The lowest BCUT2D eigenvalue weighted by Crippen LogP contribution is -2.41. The van der Waals surface area contributed by atoms with Gasteiger partial charge in [0.25, 0.3) is 11.8 Å². The zero-order valence-corrected chi connectivity index (χ0v) is 17.5. The molecule has 33 heavy (non-hydrogen) atoms. The summed E-state index contributed by atoms with van der Waals surface area (Å²) in [6.45, 7) is 0.0462. The Balaban J connectivity index is 1.58. The van der Waals surface area contributed by atoms with E-state index in [-0.39, 0.29) is 35.1 Å². The Morgan fingerprint density at radius 1 is 1.33 bits per heavy atom. The number of hydrogen-bond acceptors (Lipinski definition) is 11. The molecular weight excluding hydrogens is 436 g/mol. The van der Waals surface area contributed by atoms with E-state index in [1.807, 2.05) is 0 Å². The second-order valence-corrected chi connectivity index (χ2v) is 7.13. The molecule has 0 aromatic carbocycles. The highest BCUT2D eigenvalue weighted by Gasteiger charge is 2.47. The lowest BCUT2D eigenvalue weighted by atomic mass is 10.1. The van der Waals surface area contributed by atoms with Gasteiger partial charge in [-0.25, -0.2) is 19.9 Å². The summed E-state index contributed by atoms with van der Waals surface area (Å²) in [4.78, 5) is 41.6. The average Bonchev–Trinajstić information content (AvgIpc) is 3.54. The number of aromatic nitrogens is 5. The van der Waals surface area contributed by atoms with E-state index in [4.69, 9.17) is 14.9 Å². The predicted octanol–water partition coefficient (Wildman–Crippen LogP) is -2.11. The second-order valence-electron chi connectivity index (χ2n) is 7.13. The zero-order valence-electron chi connectivity index (χ0n) is 17.5. The maximum Gasteiger partial charge on any atom is 0.291 e. The van der Waals surface area contributed by atoms with Gasteiger partial charge in [0.1, 0.15) is 17.7 Å². The van der Waals surface area contributed by atoms with Crippen molar-refractivity contribution in [1.29, 1.82) is 0 Å². The molecular formula is C19H20N8O6. The van der Waals surface area contributed by atoms with Crippen molar-refractivity contribution in [2.75, 3.05) is 26.4 Å². The number of nitrogens with two attached hydrogens (primary N) is 1. The summed E-state index contributed by atoms with van der Waals surface area (Å²) in [7, 11) is 2.93. The first-order chi connectivity index (χ1) is 15.8. The molecule has 2 amide bonds. The number of hydrogen-bond donors (Lipinski definition) is 4. The van der Waals surface area contributed by atoms with Crippen LogP contribution in [0.3, 0.4) is 0 Å². The van der Waals surface area contributed by atoms with E-state index in [0.29, 0.717) is 0 Å². The van der Waals surface area contributed by atoms with Crippen molar-refractivity contribution in [3.05, 3.63) is 30.5 Å². The Hall–Kier alpha value is -4.06. The molecule has 1 aliphatic heterocycles. The Labute approximate surface area is 186 Å². The fourth-order valence-electron chi connectivity index (χ4n) is 3.25. The van der Waals surface area contributed by atoms with E-state index in [1.165, 1.54) is 29.0 Å². The Morgan fingerprint density at radius 3 is 2.82 bits per heavy atom. The topological polar surface area (TPSA) is 195 Å². The first-order valence-corrected chi connectivity index (χ1v) is 9.68. The number of carbonyl (C=O) groups is 2. The fraction of sp³-hybridized carbons (Fsp3) is 0.368.